The molecule has 0 radical (unpaired) electrons. The van der Waals surface area contributed by atoms with Gasteiger partial charge in [0.15, 0.2) is 11.5 Å². The first-order valence-corrected chi connectivity index (χ1v) is 6.86. The van der Waals surface area contributed by atoms with E-state index >= 15 is 0 Å². The van der Waals surface area contributed by atoms with Crippen molar-refractivity contribution in [3.8, 4) is 11.5 Å². The number of hydrogen-bond donors (Lipinski definition) is 2. The summed E-state index contributed by atoms with van der Waals surface area (Å²) in [6, 6.07) is 3.23. The Morgan fingerprint density at radius 2 is 1.95 bits per heavy atom. The van der Waals surface area contributed by atoms with E-state index in [9.17, 15) is 4.79 Å². The van der Waals surface area contributed by atoms with E-state index < -0.39 is 0 Å². The fourth-order valence-corrected chi connectivity index (χ4v) is 2.27. The second-order valence-electron chi connectivity index (χ2n) is 5.32. The lowest BCUT2D eigenvalue weighted by Crippen LogP contribution is -2.29. The molecule has 0 aromatic heterocycles. The Morgan fingerprint density at radius 3 is 2.50 bits per heavy atom. The van der Waals surface area contributed by atoms with Crippen LogP contribution in [0.4, 0.5) is 5.69 Å². The number of carbonyl (C=O) groups excluding carboxylic acids is 1. The van der Waals surface area contributed by atoms with Crippen molar-refractivity contribution < 1.29 is 14.3 Å². The average Bonchev–Trinajstić information content (AvgIpc) is 3.28. The third-order valence-corrected chi connectivity index (χ3v) is 3.81. The lowest BCUT2D eigenvalue weighted by molar-refractivity contribution is 0.0947. The summed E-state index contributed by atoms with van der Waals surface area (Å²) in [4.78, 5) is 12.2. The smallest absolute Gasteiger partial charge is 0.253 e. The number of carbonyl (C=O) groups is 1. The Kier molecular flexibility index (Phi) is 4.37. The molecule has 1 aliphatic rings. The van der Waals surface area contributed by atoms with Crippen LogP contribution in [0.1, 0.15) is 30.1 Å². The fraction of sp³-hybridized carbons (Fsp3) is 0.533. The number of nitrogen functional groups attached to an aromatic ring is 1. The fourth-order valence-electron chi connectivity index (χ4n) is 2.27. The highest BCUT2D eigenvalue weighted by molar-refractivity contribution is 6.00. The summed E-state index contributed by atoms with van der Waals surface area (Å²) in [6.45, 7) is 2.84. The number of benzene rings is 1. The van der Waals surface area contributed by atoms with Crippen LogP contribution in [-0.2, 0) is 0 Å². The number of hydrogen-bond acceptors (Lipinski definition) is 4. The van der Waals surface area contributed by atoms with Crippen LogP contribution in [0, 0.1) is 11.8 Å². The van der Waals surface area contributed by atoms with Crippen molar-refractivity contribution >= 4 is 11.6 Å². The number of nitrogens with two attached hydrogens (primary N) is 1. The molecule has 1 unspecified atom stereocenters. The Balaban J connectivity index is 2.08. The Labute approximate surface area is 119 Å². The molecule has 0 spiro atoms. The van der Waals surface area contributed by atoms with E-state index in [-0.39, 0.29) is 5.91 Å². The van der Waals surface area contributed by atoms with Crippen molar-refractivity contribution in [1.82, 2.24) is 5.32 Å². The maximum Gasteiger partial charge on any atom is 0.253 e. The number of rotatable bonds is 6. The van der Waals surface area contributed by atoms with Gasteiger partial charge in [0.2, 0.25) is 0 Å². The molecule has 1 amide bonds. The van der Waals surface area contributed by atoms with Gasteiger partial charge in [-0.15, -0.1) is 0 Å². The molecule has 20 heavy (non-hydrogen) atoms. The van der Waals surface area contributed by atoms with Gasteiger partial charge in [-0.1, -0.05) is 6.92 Å². The lowest BCUT2D eigenvalue weighted by atomic mass is 10.1. The van der Waals surface area contributed by atoms with Crippen LogP contribution in [-0.4, -0.2) is 26.7 Å². The number of amides is 1. The molecule has 110 valence electrons. The molecular weight excluding hydrogens is 256 g/mol. The molecule has 5 nitrogen and oxygen atoms in total. The molecule has 3 N–H and O–H groups in total. The SMILES string of the molecule is COc1cc(N)c(C(=O)NCC(C)C2CC2)cc1OC. The van der Waals surface area contributed by atoms with E-state index in [1.54, 1.807) is 12.1 Å². The molecule has 5 heteroatoms. The normalized spacial score (nSPS) is 15.6. The first kappa shape index (κ1) is 14.5. The molecule has 1 aliphatic carbocycles. The van der Waals surface area contributed by atoms with Crippen molar-refractivity contribution in [1.29, 1.82) is 0 Å². The van der Waals surface area contributed by atoms with Crippen molar-refractivity contribution in [2.45, 2.75) is 19.8 Å². The van der Waals surface area contributed by atoms with E-state index in [2.05, 4.69) is 12.2 Å². The predicted molar refractivity (Wildman–Crippen MR) is 78.2 cm³/mol. The van der Waals surface area contributed by atoms with Gasteiger partial charge in [-0.25, -0.2) is 0 Å². The third kappa shape index (κ3) is 3.15. The Hall–Kier alpha value is -1.91. The number of ether oxygens (including phenoxy) is 2. The minimum atomic E-state index is -0.170. The van der Waals surface area contributed by atoms with E-state index in [1.165, 1.54) is 27.1 Å². The van der Waals surface area contributed by atoms with Crippen LogP contribution in [0.3, 0.4) is 0 Å². The van der Waals surface area contributed by atoms with Crippen LogP contribution in [0.15, 0.2) is 12.1 Å². The lowest BCUT2D eigenvalue weighted by Gasteiger charge is -2.14. The second kappa shape index (κ2) is 6.03. The molecule has 1 atom stereocenters. The van der Waals surface area contributed by atoms with Crippen molar-refractivity contribution in [2.75, 3.05) is 26.5 Å². The van der Waals surface area contributed by atoms with Crippen molar-refractivity contribution in [3.63, 3.8) is 0 Å². The van der Waals surface area contributed by atoms with E-state index in [1.807, 2.05) is 0 Å². The third-order valence-electron chi connectivity index (χ3n) is 3.81. The van der Waals surface area contributed by atoms with Gasteiger partial charge in [-0.2, -0.15) is 0 Å². The molecule has 2 rings (SSSR count). The Morgan fingerprint density at radius 1 is 1.35 bits per heavy atom. The van der Waals surface area contributed by atoms with Gasteiger partial charge in [0.1, 0.15) is 0 Å². The minimum Gasteiger partial charge on any atom is -0.493 e. The van der Waals surface area contributed by atoms with E-state index in [0.29, 0.717) is 35.2 Å². The van der Waals surface area contributed by atoms with Gasteiger partial charge in [0.25, 0.3) is 5.91 Å². The van der Waals surface area contributed by atoms with Gasteiger partial charge < -0.3 is 20.5 Å². The number of anilines is 1. The van der Waals surface area contributed by atoms with Crippen molar-refractivity contribution in [3.05, 3.63) is 17.7 Å². The first-order valence-electron chi connectivity index (χ1n) is 6.86. The molecule has 0 bridgehead atoms. The molecule has 1 fully saturated rings. The Bertz CT molecular complexity index is 498. The first-order chi connectivity index (χ1) is 9.56. The highest BCUT2D eigenvalue weighted by Gasteiger charge is 2.28. The van der Waals surface area contributed by atoms with Gasteiger partial charge >= 0.3 is 0 Å². The molecule has 0 heterocycles. The number of nitrogens with one attached hydrogen (secondary N) is 1. The standard InChI is InChI=1S/C15H22N2O3/c1-9(10-4-5-10)8-17-15(18)11-6-13(19-2)14(20-3)7-12(11)16/h6-7,9-10H,4-5,8,16H2,1-3H3,(H,17,18). The average molecular weight is 278 g/mol. The highest BCUT2D eigenvalue weighted by Crippen LogP contribution is 2.36. The molecule has 1 aromatic rings. The monoisotopic (exact) mass is 278 g/mol. The van der Waals surface area contributed by atoms with Crippen molar-refractivity contribution in [2.24, 2.45) is 11.8 Å². The van der Waals surface area contributed by atoms with E-state index in [4.69, 9.17) is 15.2 Å². The minimum absolute atomic E-state index is 0.170. The zero-order chi connectivity index (χ0) is 14.7. The largest absolute Gasteiger partial charge is 0.493 e. The quantitative estimate of drug-likeness (QED) is 0.781. The van der Waals surface area contributed by atoms with Gasteiger partial charge in [-0.05, 0) is 30.7 Å². The van der Waals surface area contributed by atoms with Crippen LogP contribution in [0.5, 0.6) is 11.5 Å². The molecule has 1 aromatic carbocycles. The van der Waals surface area contributed by atoms with Crippen LogP contribution in [0.25, 0.3) is 0 Å². The van der Waals surface area contributed by atoms with Crippen LogP contribution in [0.2, 0.25) is 0 Å². The molecule has 0 saturated heterocycles. The predicted octanol–water partition coefficient (Wildman–Crippen LogP) is 2.06. The summed E-state index contributed by atoms with van der Waals surface area (Å²) in [5.41, 5.74) is 6.71. The summed E-state index contributed by atoms with van der Waals surface area (Å²) in [7, 11) is 3.07. The molecular formula is C15H22N2O3. The highest BCUT2D eigenvalue weighted by atomic mass is 16.5. The summed E-state index contributed by atoms with van der Waals surface area (Å²) in [6.07, 6.45) is 2.55. The summed E-state index contributed by atoms with van der Waals surface area (Å²) >= 11 is 0. The van der Waals surface area contributed by atoms with Gasteiger partial charge in [-0.3, -0.25) is 4.79 Å². The zero-order valence-electron chi connectivity index (χ0n) is 12.2. The van der Waals surface area contributed by atoms with Gasteiger partial charge in [0, 0.05) is 18.3 Å². The van der Waals surface area contributed by atoms with Gasteiger partial charge in [0.05, 0.1) is 19.8 Å². The maximum atomic E-state index is 12.2. The summed E-state index contributed by atoms with van der Waals surface area (Å²) < 4.78 is 10.3. The topological polar surface area (TPSA) is 73.6 Å². The van der Waals surface area contributed by atoms with E-state index in [0.717, 1.165) is 5.92 Å². The summed E-state index contributed by atoms with van der Waals surface area (Å²) in [5, 5.41) is 2.93. The maximum absolute atomic E-state index is 12.2. The second-order valence-corrected chi connectivity index (χ2v) is 5.32. The molecule has 0 aliphatic heterocycles. The van der Waals surface area contributed by atoms with Crippen LogP contribution >= 0.6 is 0 Å². The zero-order valence-corrected chi connectivity index (χ0v) is 12.2. The molecule has 1 saturated carbocycles. The van der Waals surface area contributed by atoms with Crippen LogP contribution < -0.4 is 20.5 Å². The number of methoxy groups -OCH3 is 2. The summed E-state index contributed by atoms with van der Waals surface area (Å²) in [5.74, 6) is 2.13.